The summed E-state index contributed by atoms with van der Waals surface area (Å²) in [5.74, 6) is -0.116. The van der Waals surface area contributed by atoms with E-state index >= 15 is 0 Å². The molecule has 0 saturated heterocycles. The molecule has 0 atom stereocenters. The van der Waals surface area contributed by atoms with Crippen molar-refractivity contribution in [2.75, 3.05) is 13.2 Å². The van der Waals surface area contributed by atoms with E-state index in [9.17, 15) is 4.79 Å². The lowest BCUT2D eigenvalue weighted by Gasteiger charge is -2.11. The van der Waals surface area contributed by atoms with Crippen LogP contribution in [0.15, 0.2) is 53.3 Å². The zero-order valence-corrected chi connectivity index (χ0v) is 17.0. The number of carbonyl (C=O) groups excluding carboxylic acids is 1. The van der Waals surface area contributed by atoms with Crippen LogP contribution >= 0.6 is 15.9 Å². The van der Waals surface area contributed by atoms with Gasteiger partial charge < -0.3 is 10.1 Å². The molecule has 1 aromatic carbocycles. The molecule has 0 aliphatic carbocycles. The number of carbonyl (C=O) groups is 1. The minimum Gasteiger partial charge on any atom is -0.379 e. The topological polar surface area (TPSA) is 64.1 Å². The zero-order chi connectivity index (χ0) is 19.2. The van der Waals surface area contributed by atoms with Gasteiger partial charge in [-0.2, -0.15) is 0 Å². The lowest BCUT2D eigenvalue weighted by Crippen LogP contribution is -2.26. The third-order valence-corrected chi connectivity index (χ3v) is 4.52. The number of nitrogens with zero attached hydrogens (tertiary/aromatic N) is 2. The fraction of sp³-hybridized carbons (Fsp3) is 0.286. The predicted molar refractivity (Wildman–Crippen MR) is 111 cm³/mol. The largest absolute Gasteiger partial charge is 0.379 e. The Balaban J connectivity index is 1.88. The fourth-order valence-corrected chi connectivity index (χ4v) is 3.10. The summed E-state index contributed by atoms with van der Waals surface area (Å²) in [4.78, 5) is 21.7. The van der Waals surface area contributed by atoms with Gasteiger partial charge in [0.25, 0.3) is 5.91 Å². The fourth-order valence-electron chi connectivity index (χ4n) is 2.74. The highest BCUT2D eigenvalue weighted by atomic mass is 79.9. The number of nitrogens with one attached hydrogen (secondary N) is 1. The normalized spacial score (nSPS) is 11.1. The molecule has 0 bridgehead atoms. The number of hydrogen-bond acceptors (Lipinski definition) is 4. The first-order chi connectivity index (χ1) is 13.0. The van der Waals surface area contributed by atoms with Crippen molar-refractivity contribution in [1.29, 1.82) is 0 Å². The molecule has 0 aliphatic rings. The molecular weight excluding hydrogens is 406 g/mol. The van der Waals surface area contributed by atoms with Crippen LogP contribution < -0.4 is 5.32 Å². The maximum Gasteiger partial charge on any atom is 0.252 e. The standard InChI is InChI=1S/C21H22BrN3O2/c1-14(2)27-10-4-9-24-21(26)18-12-20(15-5-3-8-23-13-15)25-19-7-6-16(22)11-17(18)19/h3,5-8,11-14H,4,9-10H2,1-2H3,(H,24,26). The van der Waals surface area contributed by atoms with Crippen molar-refractivity contribution in [3.05, 3.63) is 58.8 Å². The van der Waals surface area contributed by atoms with Crippen molar-refractivity contribution in [3.63, 3.8) is 0 Å². The number of amides is 1. The van der Waals surface area contributed by atoms with Crippen LogP contribution in [0.2, 0.25) is 0 Å². The molecule has 0 radical (unpaired) electrons. The SMILES string of the molecule is CC(C)OCCCNC(=O)c1cc(-c2cccnc2)nc2ccc(Br)cc12. The van der Waals surface area contributed by atoms with Crippen LogP contribution in [0.4, 0.5) is 0 Å². The van der Waals surface area contributed by atoms with Gasteiger partial charge in [-0.1, -0.05) is 15.9 Å². The summed E-state index contributed by atoms with van der Waals surface area (Å²) in [7, 11) is 0. The molecule has 0 fully saturated rings. The van der Waals surface area contributed by atoms with Crippen molar-refractivity contribution in [1.82, 2.24) is 15.3 Å². The first-order valence-electron chi connectivity index (χ1n) is 8.95. The van der Waals surface area contributed by atoms with Crippen molar-refractivity contribution in [3.8, 4) is 11.3 Å². The molecule has 140 valence electrons. The van der Waals surface area contributed by atoms with E-state index in [4.69, 9.17) is 9.72 Å². The van der Waals surface area contributed by atoms with Crippen LogP contribution in [-0.2, 0) is 4.74 Å². The number of hydrogen-bond donors (Lipinski definition) is 1. The highest BCUT2D eigenvalue weighted by molar-refractivity contribution is 9.10. The maximum atomic E-state index is 12.8. The van der Waals surface area contributed by atoms with Crippen LogP contribution in [0.25, 0.3) is 22.2 Å². The molecule has 0 unspecified atom stereocenters. The van der Waals surface area contributed by atoms with Crippen molar-refractivity contribution < 1.29 is 9.53 Å². The summed E-state index contributed by atoms with van der Waals surface area (Å²) in [6, 6.07) is 11.4. The minimum atomic E-state index is -0.116. The number of ether oxygens (including phenoxy) is 1. The van der Waals surface area contributed by atoms with E-state index in [-0.39, 0.29) is 12.0 Å². The quantitative estimate of drug-likeness (QED) is 0.559. The summed E-state index contributed by atoms with van der Waals surface area (Å²) in [5.41, 5.74) is 2.98. The Morgan fingerprint density at radius 2 is 2.11 bits per heavy atom. The Hall–Kier alpha value is -2.31. The molecule has 2 aromatic heterocycles. The highest BCUT2D eigenvalue weighted by Gasteiger charge is 2.14. The van der Waals surface area contributed by atoms with Crippen molar-refractivity contribution in [2.24, 2.45) is 0 Å². The third-order valence-electron chi connectivity index (χ3n) is 4.03. The van der Waals surface area contributed by atoms with Gasteiger partial charge in [0.1, 0.15) is 0 Å². The molecule has 3 rings (SSSR count). The molecule has 0 aliphatic heterocycles. The summed E-state index contributed by atoms with van der Waals surface area (Å²) in [6.45, 7) is 5.19. The van der Waals surface area contributed by atoms with Gasteiger partial charge in [0.15, 0.2) is 0 Å². The molecule has 5 nitrogen and oxygen atoms in total. The van der Waals surface area contributed by atoms with E-state index in [0.29, 0.717) is 18.7 Å². The van der Waals surface area contributed by atoms with Crippen LogP contribution in [-0.4, -0.2) is 35.1 Å². The lowest BCUT2D eigenvalue weighted by molar-refractivity contribution is 0.0757. The minimum absolute atomic E-state index is 0.116. The molecular formula is C21H22BrN3O2. The molecule has 3 aromatic rings. The van der Waals surface area contributed by atoms with Crippen molar-refractivity contribution in [2.45, 2.75) is 26.4 Å². The van der Waals surface area contributed by atoms with Gasteiger partial charge in [-0.05, 0) is 56.7 Å². The van der Waals surface area contributed by atoms with Gasteiger partial charge in [-0.3, -0.25) is 9.78 Å². The first-order valence-corrected chi connectivity index (χ1v) is 9.74. The molecule has 1 N–H and O–H groups in total. The van der Waals surface area contributed by atoms with Gasteiger partial charge >= 0.3 is 0 Å². The monoisotopic (exact) mass is 427 g/mol. The lowest BCUT2D eigenvalue weighted by atomic mass is 10.0. The molecule has 1 amide bonds. The number of pyridine rings is 2. The number of aromatic nitrogens is 2. The molecule has 0 spiro atoms. The Morgan fingerprint density at radius 3 is 2.85 bits per heavy atom. The summed E-state index contributed by atoms with van der Waals surface area (Å²) < 4.78 is 6.43. The summed E-state index contributed by atoms with van der Waals surface area (Å²) in [5, 5.41) is 3.80. The first kappa shape index (κ1) is 19.5. The molecule has 2 heterocycles. The van der Waals surface area contributed by atoms with E-state index < -0.39 is 0 Å². The van der Waals surface area contributed by atoms with E-state index in [1.165, 1.54) is 0 Å². The Labute approximate surface area is 167 Å². The van der Waals surface area contributed by atoms with Crippen LogP contribution in [0, 0.1) is 0 Å². The van der Waals surface area contributed by atoms with Crippen LogP contribution in [0.1, 0.15) is 30.6 Å². The Bertz CT molecular complexity index is 929. The second-order valence-corrected chi connectivity index (χ2v) is 7.40. The Morgan fingerprint density at radius 1 is 1.26 bits per heavy atom. The number of rotatable bonds is 7. The van der Waals surface area contributed by atoms with E-state index in [1.54, 1.807) is 12.4 Å². The van der Waals surface area contributed by atoms with E-state index in [2.05, 4.69) is 26.2 Å². The number of halogens is 1. The zero-order valence-electron chi connectivity index (χ0n) is 15.4. The van der Waals surface area contributed by atoms with Gasteiger partial charge in [-0.25, -0.2) is 4.98 Å². The molecule has 0 saturated carbocycles. The number of benzene rings is 1. The van der Waals surface area contributed by atoms with E-state index in [1.807, 2.05) is 50.2 Å². The van der Waals surface area contributed by atoms with Gasteiger partial charge in [0, 0.05) is 41.0 Å². The van der Waals surface area contributed by atoms with Gasteiger partial charge in [0.2, 0.25) is 0 Å². The predicted octanol–water partition coefficient (Wildman–Crippen LogP) is 4.60. The van der Waals surface area contributed by atoms with E-state index in [0.717, 1.165) is 33.1 Å². The molecule has 27 heavy (non-hydrogen) atoms. The number of fused-ring (bicyclic) bond motifs is 1. The average Bonchev–Trinajstić information content (AvgIpc) is 2.67. The summed E-state index contributed by atoms with van der Waals surface area (Å²) in [6.07, 6.45) is 4.43. The van der Waals surface area contributed by atoms with Gasteiger partial charge in [0.05, 0.1) is 22.9 Å². The maximum absolute atomic E-state index is 12.8. The van der Waals surface area contributed by atoms with Crippen LogP contribution in [0.5, 0.6) is 0 Å². The van der Waals surface area contributed by atoms with Gasteiger partial charge in [-0.15, -0.1) is 0 Å². The summed E-state index contributed by atoms with van der Waals surface area (Å²) >= 11 is 3.48. The Kier molecular flexibility index (Phi) is 6.53. The second kappa shape index (κ2) is 9.06. The molecule has 6 heteroatoms. The third kappa shape index (κ3) is 5.11. The average molecular weight is 428 g/mol. The van der Waals surface area contributed by atoms with Crippen LogP contribution in [0.3, 0.4) is 0 Å². The highest BCUT2D eigenvalue weighted by Crippen LogP contribution is 2.26. The van der Waals surface area contributed by atoms with Crippen molar-refractivity contribution >= 4 is 32.7 Å². The smallest absolute Gasteiger partial charge is 0.252 e. The second-order valence-electron chi connectivity index (χ2n) is 6.49.